The molecule has 0 aliphatic carbocycles. The number of aromatic nitrogens is 3. The minimum absolute atomic E-state index is 0.0354. The zero-order valence-corrected chi connectivity index (χ0v) is 16.3. The van der Waals surface area contributed by atoms with Crippen molar-refractivity contribution in [1.82, 2.24) is 20.3 Å². The molecule has 4 rings (SSSR count). The van der Waals surface area contributed by atoms with Gasteiger partial charge in [-0.15, -0.1) is 4.99 Å². The van der Waals surface area contributed by atoms with Crippen LogP contribution in [-0.4, -0.2) is 40.0 Å². The fourth-order valence-electron chi connectivity index (χ4n) is 3.62. The zero-order chi connectivity index (χ0) is 21.8. The van der Waals surface area contributed by atoms with Crippen molar-refractivity contribution < 1.29 is 13.2 Å². The first-order valence-corrected chi connectivity index (χ1v) is 9.64. The van der Waals surface area contributed by atoms with Gasteiger partial charge >= 0.3 is 6.18 Å². The van der Waals surface area contributed by atoms with Gasteiger partial charge in [0.15, 0.2) is 0 Å². The molecule has 0 amide bonds. The Labute approximate surface area is 175 Å². The van der Waals surface area contributed by atoms with Gasteiger partial charge in [-0.3, -0.25) is 0 Å². The minimum Gasteiger partial charge on any atom is -0.354 e. The van der Waals surface area contributed by atoms with Crippen molar-refractivity contribution in [2.24, 2.45) is 4.99 Å². The van der Waals surface area contributed by atoms with Crippen LogP contribution in [0.15, 0.2) is 47.8 Å². The van der Waals surface area contributed by atoms with E-state index in [2.05, 4.69) is 35.5 Å². The number of aromatic amines is 1. The Morgan fingerprint density at radius 3 is 2.77 bits per heavy atom. The molecule has 3 aromatic rings. The Balaban J connectivity index is 1.45. The summed E-state index contributed by atoms with van der Waals surface area (Å²) in [5.41, 5.74) is 0.413. The van der Waals surface area contributed by atoms with E-state index in [9.17, 15) is 13.2 Å². The molecular weight excluding hydrogens is 409 g/mol. The Morgan fingerprint density at radius 1 is 1.23 bits per heavy atom. The molecule has 31 heavy (non-hydrogen) atoms. The largest absolute Gasteiger partial charge is 0.416 e. The highest BCUT2D eigenvalue weighted by Gasteiger charge is 2.30. The van der Waals surface area contributed by atoms with E-state index in [1.807, 2.05) is 12.3 Å². The predicted molar refractivity (Wildman–Crippen MR) is 110 cm³/mol. The zero-order valence-electron chi connectivity index (χ0n) is 16.3. The van der Waals surface area contributed by atoms with E-state index >= 15 is 0 Å². The Bertz CT molecular complexity index is 1110. The van der Waals surface area contributed by atoms with Gasteiger partial charge in [0.2, 0.25) is 12.2 Å². The van der Waals surface area contributed by atoms with Crippen LogP contribution in [-0.2, 0) is 6.18 Å². The van der Waals surface area contributed by atoms with Crippen molar-refractivity contribution in [3.05, 3.63) is 48.4 Å². The van der Waals surface area contributed by atoms with Gasteiger partial charge in [-0.1, -0.05) is 0 Å². The van der Waals surface area contributed by atoms with Crippen LogP contribution in [0, 0.1) is 11.5 Å². The second-order valence-electron chi connectivity index (χ2n) is 7.13. The van der Waals surface area contributed by atoms with Crippen LogP contribution < -0.4 is 15.5 Å². The fourth-order valence-corrected chi connectivity index (χ4v) is 3.62. The van der Waals surface area contributed by atoms with Crippen molar-refractivity contribution in [2.45, 2.75) is 25.1 Å². The molecule has 160 valence electrons. The summed E-state index contributed by atoms with van der Waals surface area (Å²) in [6, 6.07) is 6.45. The van der Waals surface area contributed by atoms with Crippen LogP contribution in [0.25, 0.3) is 11.0 Å². The van der Waals surface area contributed by atoms with Crippen LogP contribution in [0.1, 0.15) is 18.4 Å². The number of anilines is 2. The SMILES string of the molecule is N#C/N=C(\Nc1ccc(C(F)(F)F)cc1)NC1CCCN(c2ncnc3[nH]ccc23)C1. The minimum atomic E-state index is -4.40. The Morgan fingerprint density at radius 2 is 2.03 bits per heavy atom. The van der Waals surface area contributed by atoms with Crippen molar-refractivity contribution in [1.29, 1.82) is 5.26 Å². The maximum Gasteiger partial charge on any atom is 0.416 e. The third kappa shape index (κ3) is 4.69. The van der Waals surface area contributed by atoms with Gasteiger partial charge in [0.25, 0.3) is 0 Å². The highest BCUT2D eigenvalue weighted by molar-refractivity contribution is 5.94. The van der Waals surface area contributed by atoms with E-state index in [0.717, 1.165) is 48.4 Å². The van der Waals surface area contributed by atoms with Crippen LogP contribution in [0.2, 0.25) is 0 Å². The molecule has 2 aromatic heterocycles. The van der Waals surface area contributed by atoms with Gasteiger partial charge in [0.05, 0.1) is 10.9 Å². The number of nitrogens with zero attached hydrogens (tertiary/aromatic N) is 5. The molecule has 8 nitrogen and oxygen atoms in total. The molecule has 1 unspecified atom stereocenters. The summed E-state index contributed by atoms with van der Waals surface area (Å²) < 4.78 is 38.3. The number of hydrogen-bond acceptors (Lipinski definition) is 5. The third-order valence-corrected chi connectivity index (χ3v) is 5.03. The maximum atomic E-state index is 12.8. The number of hydrogen-bond donors (Lipinski definition) is 3. The van der Waals surface area contributed by atoms with E-state index in [0.29, 0.717) is 12.2 Å². The van der Waals surface area contributed by atoms with Crippen LogP contribution in [0.4, 0.5) is 24.7 Å². The number of fused-ring (bicyclic) bond motifs is 1. The molecule has 11 heteroatoms. The number of nitriles is 1. The summed E-state index contributed by atoms with van der Waals surface area (Å²) in [4.78, 5) is 17.6. The van der Waals surface area contributed by atoms with E-state index < -0.39 is 11.7 Å². The lowest BCUT2D eigenvalue weighted by molar-refractivity contribution is -0.137. The van der Waals surface area contributed by atoms with Gasteiger partial charge in [-0.2, -0.15) is 18.4 Å². The average molecular weight is 428 g/mol. The van der Waals surface area contributed by atoms with Crippen molar-refractivity contribution in [3.8, 4) is 6.19 Å². The number of nitrogens with one attached hydrogen (secondary N) is 3. The summed E-state index contributed by atoms with van der Waals surface area (Å²) in [7, 11) is 0. The van der Waals surface area contributed by atoms with Crippen LogP contribution in [0.5, 0.6) is 0 Å². The molecule has 3 N–H and O–H groups in total. The first-order chi connectivity index (χ1) is 14.9. The molecule has 0 radical (unpaired) electrons. The van der Waals surface area contributed by atoms with Crippen LogP contribution in [0.3, 0.4) is 0 Å². The monoisotopic (exact) mass is 428 g/mol. The molecular formula is C20H19F3N8. The molecule has 1 saturated heterocycles. The van der Waals surface area contributed by atoms with E-state index in [4.69, 9.17) is 5.26 Å². The third-order valence-electron chi connectivity index (χ3n) is 5.03. The first kappa shape index (κ1) is 20.5. The lowest BCUT2D eigenvalue weighted by Gasteiger charge is -2.34. The van der Waals surface area contributed by atoms with Gasteiger partial charge < -0.3 is 20.5 Å². The Hall–Kier alpha value is -3.81. The summed E-state index contributed by atoms with van der Waals surface area (Å²) in [6.45, 7) is 1.45. The van der Waals surface area contributed by atoms with Crippen molar-refractivity contribution >= 4 is 28.5 Å². The smallest absolute Gasteiger partial charge is 0.354 e. The summed E-state index contributed by atoms with van der Waals surface area (Å²) >= 11 is 0. The molecule has 3 heterocycles. The number of piperidine rings is 1. The lowest BCUT2D eigenvalue weighted by atomic mass is 10.1. The van der Waals surface area contributed by atoms with Crippen molar-refractivity contribution in [3.63, 3.8) is 0 Å². The molecule has 0 saturated carbocycles. The number of halogens is 3. The predicted octanol–water partition coefficient (Wildman–Crippen LogP) is 3.48. The molecule has 0 spiro atoms. The Kier molecular flexibility index (Phi) is 5.62. The molecule has 1 aliphatic heterocycles. The highest BCUT2D eigenvalue weighted by Crippen LogP contribution is 2.30. The average Bonchev–Trinajstić information content (AvgIpc) is 3.23. The van der Waals surface area contributed by atoms with Gasteiger partial charge in [-0.05, 0) is 43.2 Å². The lowest BCUT2D eigenvalue weighted by Crippen LogP contribution is -2.49. The number of alkyl halides is 3. The van der Waals surface area contributed by atoms with Crippen LogP contribution >= 0.6 is 0 Å². The topological polar surface area (TPSA) is 105 Å². The van der Waals surface area contributed by atoms with Crippen molar-refractivity contribution in [2.75, 3.05) is 23.3 Å². The normalized spacial score (nSPS) is 17.4. The second-order valence-corrected chi connectivity index (χ2v) is 7.13. The van der Waals surface area contributed by atoms with Gasteiger partial charge in [-0.25, -0.2) is 9.97 Å². The van der Waals surface area contributed by atoms with Gasteiger partial charge in [0, 0.05) is 31.0 Å². The standard InChI is InChI=1S/C20H19F3N8/c21-20(22,23)13-3-5-14(6-4-13)29-19(26-11-24)30-15-2-1-9-31(10-15)18-16-7-8-25-17(16)27-12-28-18/h3-8,12,15H,1-2,9-10H2,(H,25,27,28)(H2,26,29,30). The summed E-state index contributed by atoms with van der Waals surface area (Å²) in [5.74, 6) is 1.01. The number of guanidine groups is 1. The second kappa shape index (κ2) is 8.51. The number of aliphatic imine (C=N–C) groups is 1. The maximum absolute atomic E-state index is 12.8. The summed E-state index contributed by atoms with van der Waals surface area (Å²) in [5, 5.41) is 16.0. The molecule has 1 atom stereocenters. The number of H-pyrrole nitrogens is 1. The fraction of sp³-hybridized carbons (Fsp3) is 0.300. The number of rotatable bonds is 3. The van der Waals surface area contributed by atoms with E-state index in [-0.39, 0.29) is 12.0 Å². The summed E-state index contributed by atoms with van der Waals surface area (Å²) in [6.07, 6.45) is 2.38. The highest BCUT2D eigenvalue weighted by atomic mass is 19.4. The first-order valence-electron chi connectivity index (χ1n) is 9.64. The molecule has 1 fully saturated rings. The number of benzene rings is 1. The van der Waals surface area contributed by atoms with Gasteiger partial charge in [0.1, 0.15) is 17.8 Å². The van der Waals surface area contributed by atoms with E-state index in [1.165, 1.54) is 18.5 Å². The van der Waals surface area contributed by atoms with E-state index in [1.54, 1.807) is 6.19 Å². The molecule has 1 aromatic carbocycles. The molecule has 1 aliphatic rings. The molecule has 0 bridgehead atoms. The quantitative estimate of drug-likeness (QED) is 0.335.